The number of hydrogen-bond donors (Lipinski definition) is 0. The molecule has 2 aliphatic rings. The zero-order valence-corrected chi connectivity index (χ0v) is 21.9. The molecular weight excluding hydrogens is 541 g/mol. The van der Waals surface area contributed by atoms with Gasteiger partial charge in [0.1, 0.15) is 28.2 Å². The van der Waals surface area contributed by atoms with E-state index in [1.807, 2.05) is 6.08 Å². The molecule has 2 aromatic carbocycles. The first kappa shape index (κ1) is 26.1. The highest BCUT2D eigenvalue weighted by Crippen LogP contribution is 2.46. The maximum atomic E-state index is 14.1. The fourth-order valence-corrected chi connectivity index (χ4v) is 6.64. The molecule has 11 heteroatoms. The minimum Gasteiger partial charge on any atom is -0.435 e. The molecule has 0 spiro atoms. The molecule has 2 atom stereocenters. The Morgan fingerprint density at radius 1 is 1.05 bits per heavy atom. The molecule has 1 fully saturated rings. The zero-order chi connectivity index (χ0) is 27.9. The van der Waals surface area contributed by atoms with E-state index in [0.29, 0.717) is 35.7 Å². The van der Waals surface area contributed by atoms with E-state index in [1.165, 1.54) is 36.4 Å². The van der Waals surface area contributed by atoms with E-state index < -0.39 is 23.0 Å². The Bertz CT molecular complexity index is 1610. The molecule has 0 N–H and O–H groups in total. The van der Waals surface area contributed by atoms with Crippen molar-refractivity contribution in [2.24, 2.45) is 5.41 Å². The number of piperidine rings is 1. The fourth-order valence-electron chi connectivity index (χ4n) is 5.37. The molecule has 0 amide bonds. The van der Waals surface area contributed by atoms with Gasteiger partial charge in [-0.05, 0) is 85.1 Å². The summed E-state index contributed by atoms with van der Waals surface area (Å²) in [4.78, 5) is 18.9. The molecule has 0 radical (unpaired) electrons. The number of nitrogens with zero attached hydrogens (tertiary/aromatic N) is 4. The molecule has 2 aromatic heterocycles. The van der Waals surface area contributed by atoms with Crippen LogP contribution in [0.5, 0.6) is 5.75 Å². The molecule has 3 heterocycles. The summed E-state index contributed by atoms with van der Waals surface area (Å²) in [5.41, 5.74) is 2.50. The average molecular weight is 565 g/mol. The third kappa shape index (κ3) is 4.75. The van der Waals surface area contributed by atoms with Crippen molar-refractivity contribution in [2.75, 3.05) is 13.1 Å². The second-order valence-corrected chi connectivity index (χ2v) is 11.1. The largest absolute Gasteiger partial charge is 0.435 e. The SMILES string of the molecule is O=C(c1ccccn1)C12Cc3cnn(-c4ccc(F)cc4)c3C=C1CCN(S(=O)c1ccc(OC(F)F)cc1)C2. The van der Waals surface area contributed by atoms with Gasteiger partial charge in [-0.2, -0.15) is 13.9 Å². The van der Waals surface area contributed by atoms with Crippen molar-refractivity contribution in [2.45, 2.75) is 24.3 Å². The summed E-state index contributed by atoms with van der Waals surface area (Å²) < 4.78 is 60.1. The van der Waals surface area contributed by atoms with Crippen LogP contribution in [0.4, 0.5) is 13.2 Å². The molecule has 0 saturated carbocycles. The van der Waals surface area contributed by atoms with Crippen molar-refractivity contribution in [1.82, 2.24) is 19.1 Å². The first-order valence-electron chi connectivity index (χ1n) is 12.6. The van der Waals surface area contributed by atoms with Crippen LogP contribution in [0.2, 0.25) is 0 Å². The Morgan fingerprint density at radius 2 is 1.82 bits per heavy atom. The number of rotatable bonds is 7. The predicted octanol–water partition coefficient (Wildman–Crippen LogP) is 5.25. The summed E-state index contributed by atoms with van der Waals surface area (Å²) in [7, 11) is -1.66. The lowest BCUT2D eigenvalue weighted by atomic mass is 9.65. The number of halogens is 3. The number of ether oxygens (including phenoxy) is 1. The van der Waals surface area contributed by atoms with Gasteiger partial charge in [0.15, 0.2) is 5.78 Å². The summed E-state index contributed by atoms with van der Waals surface area (Å²) in [5, 5.41) is 4.53. The van der Waals surface area contributed by atoms with Crippen molar-refractivity contribution < 1.29 is 26.9 Å². The Kier molecular flexibility index (Phi) is 6.85. The number of Topliss-reactive ketones (excluding diaryl/α,β-unsaturated/α-hetero) is 1. The molecule has 4 aromatic rings. The van der Waals surface area contributed by atoms with Gasteiger partial charge in [0, 0.05) is 19.3 Å². The van der Waals surface area contributed by atoms with E-state index in [1.54, 1.807) is 51.7 Å². The summed E-state index contributed by atoms with van der Waals surface area (Å²) in [6.45, 7) is -2.38. The quantitative estimate of drug-likeness (QED) is 0.287. The van der Waals surface area contributed by atoms with Gasteiger partial charge in [0.2, 0.25) is 0 Å². The summed E-state index contributed by atoms with van der Waals surface area (Å²) >= 11 is 0. The van der Waals surface area contributed by atoms with Crippen LogP contribution in [0.3, 0.4) is 0 Å². The second kappa shape index (κ2) is 10.5. The summed E-state index contributed by atoms with van der Waals surface area (Å²) in [5.74, 6) is -0.555. The number of ketones is 1. The number of aromatic nitrogens is 3. The summed E-state index contributed by atoms with van der Waals surface area (Å²) in [6, 6.07) is 16.9. The fraction of sp³-hybridized carbons (Fsp3) is 0.207. The number of carbonyl (C=O) groups excluding carboxylic acids is 1. The zero-order valence-electron chi connectivity index (χ0n) is 21.0. The van der Waals surface area contributed by atoms with Crippen LogP contribution in [0, 0.1) is 11.2 Å². The van der Waals surface area contributed by atoms with Gasteiger partial charge < -0.3 is 4.74 Å². The van der Waals surface area contributed by atoms with Crippen LogP contribution >= 0.6 is 0 Å². The monoisotopic (exact) mass is 564 g/mol. The van der Waals surface area contributed by atoms with Crippen molar-refractivity contribution in [3.8, 4) is 11.4 Å². The van der Waals surface area contributed by atoms with E-state index in [9.17, 15) is 22.2 Å². The van der Waals surface area contributed by atoms with Gasteiger partial charge in [0.05, 0.1) is 27.9 Å². The molecule has 1 aliphatic heterocycles. The van der Waals surface area contributed by atoms with Crippen LogP contribution in [-0.2, 0) is 17.4 Å². The number of benzene rings is 2. The Morgan fingerprint density at radius 3 is 2.52 bits per heavy atom. The second-order valence-electron chi connectivity index (χ2n) is 9.63. The average Bonchev–Trinajstić information content (AvgIpc) is 3.38. The molecule has 1 saturated heterocycles. The first-order valence-corrected chi connectivity index (χ1v) is 13.7. The Balaban J connectivity index is 1.36. The number of pyridine rings is 1. The number of carbonyl (C=O) groups is 1. The number of hydrogen-bond acceptors (Lipinski definition) is 5. The minimum absolute atomic E-state index is 0.0283. The van der Waals surface area contributed by atoms with Gasteiger partial charge in [-0.3, -0.25) is 9.78 Å². The number of alkyl halides is 2. The van der Waals surface area contributed by atoms with Gasteiger partial charge >= 0.3 is 6.61 Å². The van der Waals surface area contributed by atoms with Gasteiger partial charge in [-0.1, -0.05) is 11.6 Å². The predicted molar refractivity (Wildman–Crippen MR) is 142 cm³/mol. The van der Waals surface area contributed by atoms with Crippen molar-refractivity contribution in [3.05, 3.63) is 107 Å². The highest BCUT2D eigenvalue weighted by atomic mass is 32.2. The Hall–Kier alpha value is -4.09. The lowest BCUT2D eigenvalue weighted by Gasteiger charge is -2.44. The van der Waals surface area contributed by atoms with Crippen molar-refractivity contribution >= 4 is 22.8 Å². The molecule has 2 unspecified atom stereocenters. The smallest absolute Gasteiger partial charge is 0.387 e. The van der Waals surface area contributed by atoms with Crippen LogP contribution in [-0.4, -0.2) is 48.8 Å². The molecule has 6 rings (SSSR count). The summed E-state index contributed by atoms with van der Waals surface area (Å²) in [6.07, 6.45) is 6.02. The van der Waals surface area contributed by atoms with E-state index in [-0.39, 0.29) is 23.9 Å². The molecule has 1 aliphatic carbocycles. The van der Waals surface area contributed by atoms with Crippen LogP contribution in [0.15, 0.2) is 89.6 Å². The minimum atomic E-state index is -2.95. The highest BCUT2D eigenvalue weighted by molar-refractivity contribution is 7.82. The van der Waals surface area contributed by atoms with Gasteiger partial charge in [-0.15, -0.1) is 0 Å². The lowest BCUT2D eigenvalue weighted by Crippen LogP contribution is -2.52. The number of fused-ring (bicyclic) bond motifs is 2. The van der Waals surface area contributed by atoms with Gasteiger partial charge in [-0.25, -0.2) is 17.6 Å². The molecule has 0 bridgehead atoms. The maximum Gasteiger partial charge on any atom is 0.387 e. The third-order valence-electron chi connectivity index (χ3n) is 7.27. The van der Waals surface area contributed by atoms with Crippen molar-refractivity contribution in [1.29, 1.82) is 0 Å². The third-order valence-corrected chi connectivity index (χ3v) is 8.73. The van der Waals surface area contributed by atoms with Crippen LogP contribution in [0.1, 0.15) is 28.2 Å². The van der Waals surface area contributed by atoms with Crippen LogP contribution in [0.25, 0.3) is 11.8 Å². The molecule has 40 heavy (non-hydrogen) atoms. The Labute approximate surface area is 230 Å². The van der Waals surface area contributed by atoms with E-state index >= 15 is 0 Å². The van der Waals surface area contributed by atoms with Gasteiger partial charge in [0.25, 0.3) is 0 Å². The lowest BCUT2D eigenvalue weighted by molar-refractivity contribution is -0.0498. The molecule has 204 valence electrons. The van der Waals surface area contributed by atoms with E-state index in [0.717, 1.165) is 16.8 Å². The standard InChI is InChI=1S/C29H23F3N4O3S/c30-21-4-6-22(7-5-21)36-26-15-20-12-14-35(40(38)24-10-8-23(9-11-24)39-28(31)32)18-29(20,16-19(26)17-34-36)27(37)25-3-1-2-13-33-25/h1-11,13,15,17,28H,12,14,16,18H2. The topological polar surface area (TPSA) is 77.3 Å². The van der Waals surface area contributed by atoms with E-state index in [2.05, 4.69) is 14.8 Å². The van der Waals surface area contributed by atoms with E-state index in [4.69, 9.17) is 0 Å². The molecular formula is C29H23F3N4O3S. The normalized spacial score (nSPS) is 19.4. The van der Waals surface area contributed by atoms with Crippen molar-refractivity contribution in [3.63, 3.8) is 0 Å². The molecule has 7 nitrogen and oxygen atoms in total. The first-order chi connectivity index (χ1) is 19.3. The van der Waals surface area contributed by atoms with Crippen LogP contribution < -0.4 is 4.74 Å². The maximum absolute atomic E-state index is 14.1. The highest BCUT2D eigenvalue weighted by Gasteiger charge is 2.50.